The number of hydrogen-bond acceptors (Lipinski definition) is 4. The first-order valence-electron chi connectivity index (χ1n) is 7.01. The Morgan fingerprint density at radius 1 is 1.25 bits per heavy atom. The average Bonchev–Trinajstić information content (AvgIpc) is 2.33. The molecule has 1 rings (SSSR count). The van der Waals surface area contributed by atoms with E-state index in [1.165, 1.54) is 0 Å². The van der Waals surface area contributed by atoms with Crippen molar-refractivity contribution in [2.45, 2.75) is 39.3 Å². The van der Waals surface area contributed by atoms with Crippen LogP contribution >= 0.6 is 0 Å². The Morgan fingerprint density at radius 3 is 2.45 bits per heavy atom. The monoisotopic (exact) mass is 286 g/mol. The fourth-order valence-electron chi connectivity index (χ4n) is 2.37. The van der Waals surface area contributed by atoms with Gasteiger partial charge in [0.1, 0.15) is 11.6 Å². The van der Waals surface area contributed by atoms with E-state index < -0.39 is 11.6 Å². The molecule has 6 heteroatoms. The molecule has 1 N–H and O–H groups in total. The lowest BCUT2D eigenvalue weighted by atomic mass is 9.91. The van der Waals surface area contributed by atoms with Gasteiger partial charge in [-0.1, -0.05) is 13.8 Å². The first-order valence-corrected chi connectivity index (χ1v) is 7.01. The van der Waals surface area contributed by atoms with E-state index in [1.807, 2.05) is 13.8 Å². The summed E-state index contributed by atoms with van der Waals surface area (Å²) in [5, 5.41) is 2.79. The van der Waals surface area contributed by atoms with Crippen molar-refractivity contribution in [1.29, 1.82) is 0 Å². The predicted octanol–water partition coefficient (Wildman–Crippen LogP) is 0.411. The smallest absolute Gasteiger partial charge is 0.248 e. The Balaban J connectivity index is 2.69. The normalized spacial score (nSPS) is 22.3. The lowest BCUT2D eigenvalue weighted by Gasteiger charge is -2.44. The van der Waals surface area contributed by atoms with Crippen molar-refractivity contribution in [2.75, 3.05) is 33.5 Å². The molecule has 0 aromatic carbocycles. The number of amides is 2. The Morgan fingerprint density at radius 2 is 1.90 bits per heavy atom. The largest absolute Gasteiger partial charge is 0.382 e. The number of methoxy groups -OCH3 is 1. The first kappa shape index (κ1) is 16.9. The summed E-state index contributed by atoms with van der Waals surface area (Å²) in [7, 11) is 1.61. The predicted molar refractivity (Wildman–Crippen MR) is 75.3 cm³/mol. The van der Waals surface area contributed by atoms with E-state index in [2.05, 4.69) is 5.32 Å². The van der Waals surface area contributed by atoms with Crippen molar-refractivity contribution in [3.63, 3.8) is 0 Å². The number of nitrogens with one attached hydrogen (secondary N) is 1. The Bertz CT molecular complexity index is 355. The van der Waals surface area contributed by atoms with Gasteiger partial charge in [-0.2, -0.15) is 0 Å². The third-order valence-electron chi connectivity index (χ3n) is 3.38. The molecule has 0 bridgehead atoms. The first-order chi connectivity index (χ1) is 9.31. The van der Waals surface area contributed by atoms with E-state index in [0.717, 1.165) is 0 Å². The molecule has 1 heterocycles. The zero-order valence-corrected chi connectivity index (χ0v) is 13.1. The van der Waals surface area contributed by atoms with Gasteiger partial charge in [0.05, 0.1) is 19.8 Å². The number of carbonyl (C=O) groups is 2. The summed E-state index contributed by atoms with van der Waals surface area (Å²) in [6.07, 6.45) is 0. The van der Waals surface area contributed by atoms with Crippen molar-refractivity contribution in [2.24, 2.45) is 5.92 Å². The number of piperazine rings is 1. The molecule has 0 aliphatic carbocycles. The Kier molecular flexibility index (Phi) is 5.95. The Labute approximate surface area is 120 Å². The van der Waals surface area contributed by atoms with Crippen molar-refractivity contribution in [1.82, 2.24) is 10.2 Å². The number of hydrogen-bond donors (Lipinski definition) is 1. The van der Waals surface area contributed by atoms with E-state index in [4.69, 9.17) is 9.47 Å². The van der Waals surface area contributed by atoms with Gasteiger partial charge in [0.15, 0.2) is 0 Å². The molecule has 1 unspecified atom stereocenters. The Hall–Kier alpha value is -1.14. The van der Waals surface area contributed by atoms with E-state index in [0.29, 0.717) is 26.4 Å². The van der Waals surface area contributed by atoms with Crippen LogP contribution in [0.5, 0.6) is 0 Å². The molecular weight excluding hydrogens is 260 g/mol. The fourth-order valence-corrected chi connectivity index (χ4v) is 2.37. The fraction of sp³-hybridized carbons (Fsp3) is 0.857. The maximum absolute atomic E-state index is 12.5. The summed E-state index contributed by atoms with van der Waals surface area (Å²) >= 11 is 0. The van der Waals surface area contributed by atoms with Crippen LogP contribution in [0.3, 0.4) is 0 Å². The van der Waals surface area contributed by atoms with E-state index in [9.17, 15) is 9.59 Å². The molecule has 1 saturated heterocycles. The molecule has 116 valence electrons. The van der Waals surface area contributed by atoms with Crippen LogP contribution in [-0.4, -0.2) is 61.8 Å². The zero-order valence-electron chi connectivity index (χ0n) is 13.1. The minimum Gasteiger partial charge on any atom is -0.382 e. The summed E-state index contributed by atoms with van der Waals surface area (Å²) in [5.74, 6) is -0.0957. The van der Waals surface area contributed by atoms with Gasteiger partial charge in [-0.15, -0.1) is 0 Å². The summed E-state index contributed by atoms with van der Waals surface area (Å²) in [5.41, 5.74) is -0.852. The van der Waals surface area contributed by atoms with Crippen molar-refractivity contribution in [3.05, 3.63) is 0 Å². The quantitative estimate of drug-likeness (QED) is 0.688. The van der Waals surface area contributed by atoms with Gasteiger partial charge in [-0.3, -0.25) is 9.59 Å². The lowest BCUT2D eigenvalue weighted by molar-refractivity contribution is -0.156. The van der Waals surface area contributed by atoms with Crippen LogP contribution in [0.15, 0.2) is 0 Å². The van der Waals surface area contributed by atoms with Crippen LogP contribution in [0.4, 0.5) is 0 Å². The lowest BCUT2D eigenvalue weighted by Crippen LogP contribution is -2.69. The van der Waals surface area contributed by atoms with Gasteiger partial charge >= 0.3 is 0 Å². The van der Waals surface area contributed by atoms with Crippen LogP contribution in [0, 0.1) is 5.92 Å². The molecule has 0 aromatic rings. The minimum absolute atomic E-state index is 0.0638. The molecule has 1 fully saturated rings. The second-order valence-electron chi connectivity index (χ2n) is 5.91. The molecule has 0 aromatic heterocycles. The minimum atomic E-state index is -0.852. The molecule has 2 amide bonds. The van der Waals surface area contributed by atoms with Crippen LogP contribution in [-0.2, 0) is 19.1 Å². The molecule has 0 radical (unpaired) electrons. The van der Waals surface area contributed by atoms with Gasteiger partial charge in [0.25, 0.3) is 0 Å². The third kappa shape index (κ3) is 3.93. The van der Waals surface area contributed by atoms with Gasteiger partial charge in [0, 0.05) is 13.7 Å². The van der Waals surface area contributed by atoms with Crippen LogP contribution in [0.25, 0.3) is 0 Å². The van der Waals surface area contributed by atoms with Crippen LogP contribution in [0.2, 0.25) is 0 Å². The number of rotatable bonds is 7. The summed E-state index contributed by atoms with van der Waals surface area (Å²) in [6, 6.07) is -0.429. The highest BCUT2D eigenvalue weighted by molar-refractivity contribution is 5.99. The van der Waals surface area contributed by atoms with Gasteiger partial charge in [-0.05, 0) is 19.8 Å². The summed E-state index contributed by atoms with van der Waals surface area (Å²) in [6.45, 7) is 9.16. The SMILES string of the molecule is COCCOCCN1C(=O)C(C)(C)NC(=O)C1C(C)C. The third-order valence-corrected chi connectivity index (χ3v) is 3.38. The number of ether oxygens (including phenoxy) is 2. The molecule has 1 atom stereocenters. The molecule has 0 spiro atoms. The van der Waals surface area contributed by atoms with E-state index in [1.54, 1.807) is 25.9 Å². The molecule has 0 saturated carbocycles. The highest BCUT2D eigenvalue weighted by Gasteiger charge is 2.45. The molecular formula is C14H26N2O4. The molecule has 20 heavy (non-hydrogen) atoms. The highest BCUT2D eigenvalue weighted by atomic mass is 16.5. The van der Waals surface area contributed by atoms with E-state index >= 15 is 0 Å². The molecule has 1 aliphatic heterocycles. The van der Waals surface area contributed by atoms with Crippen LogP contribution in [0.1, 0.15) is 27.7 Å². The van der Waals surface area contributed by atoms with Gasteiger partial charge in [-0.25, -0.2) is 0 Å². The maximum atomic E-state index is 12.5. The van der Waals surface area contributed by atoms with Gasteiger partial charge in [0.2, 0.25) is 11.8 Å². The molecule has 1 aliphatic rings. The second kappa shape index (κ2) is 7.04. The standard InChI is InChI=1S/C14H26N2O4/c1-10(2)11-12(17)15-14(3,4)13(18)16(11)6-7-20-9-8-19-5/h10-11H,6-9H2,1-5H3,(H,15,17). The van der Waals surface area contributed by atoms with Crippen molar-refractivity contribution >= 4 is 11.8 Å². The van der Waals surface area contributed by atoms with Crippen molar-refractivity contribution in [3.8, 4) is 0 Å². The average molecular weight is 286 g/mol. The number of carbonyl (C=O) groups excluding carboxylic acids is 2. The summed E-state index contributed by atoms with van der Waals surface area (Å²) < 4.78 is 10.3. The molecule has 6 nitrogen and oxygen atoms in total. The topological polar surface area (TPSA) is 67.9 Å². The highest BCUT2D eigenvalue weighted by Crippen LogP contribution is 2.22. The maximum Gasteiger partial charge on any atom is 0.248 e. The van der Waals surface area contributed by atoms with Crippen molar-refractivity contribution < 1.29 is 19.1 Å². The van der Waals surface area contributed by atoms with E-state index in [-0.39, 0.29) is 17.7 Å². The van der Waals surface area contributed by atoms with Crippen LogP contribution < -0.4 is 5.32 Å². The number of nitrogens with zero attached hydrogens (tertiary/aromatic N) is 1. The van der Waals surface area contributed by atoms with Gasteiger partial charge < -0.3 is 19.7 Å². The second-order valence-corrected chi connectivity index (χ2v) is 5.91. The summed E-state index contributed by atoms with van der Waals surface area (Å²) in [4.78, 5) is 26.3. The zero-order chi connectivity index (χ0) is 15.3.